The fraction of sp³-hybridized carbons (Fsp3) is 0.364. The van der Waals surface area contributed by atoms with Crippen LogP contribution in [0.25, 0.3) is 0 Å². The van der Waals surface area contributed by atoms with Crippen molar-refractivity contribution >= 4 is 11.8 Å². The van der Waals surface area contributed by atoms with E-state index in [1.165, 1.54) is 0 Å². The molecule has 0 saturated heterocycles. The Labute approximate surface area is 162 Å². The molecule has 1 N–H and O–H groups in total. The summed E-state index contributed by atoms with van der Waals surface area (Å²) in [5.74, 6) is -0.286. The summed E-state index contributed by atoms with van der Waals surface area (Å²) in [6.07, 6.45) is 0. The van der Waals surface area contributed by atoms with Gasteiger partial charge in [-0.25, -0.2) is 0 Å². The lowest BCUT2D eigenvalue weighted by molar-refractivity contribution is -0.137. The Balaban J connectivity index is 2.33. The Bertz CT molecular complexity index is 728. The van der Waals surface area contributed by atoms with Gasteiger partial charge in [0.05, 0.1) is 0 Å². The van der Waals surface area contributed by atoms with E-state index in [1.54, 1.807) is 4.90 Å². The van der Waals surface area contributed by atoms with Gasteiger partial charge in [0.2, 0.25) is 11.8 Å². The quantitative estimate of drug-likeness (QED) is 0.780. The topological polar surface area (TPSA) is 52.7 Å². The molecule has 0 radical (unpaired) electrons. The molecule has 0 saturated carbocycles. The molecule has 2 rings (SSSR count). The molecular formula is C22H29N3O2. The number of hydrogen-bond donors (Lipinski definition) is 1. The van der Waals surface area contributed by atoms with Gasteiger partial charge in [-0.15, -0.1) is 0 Å². The highest BCUT2D eigenvalue weighted by Gasteiger charge is 2.30. The Morgan fingerprint density at radius 3 is 1.78 bits per heavy atom. The van der Waals surface area contributed by atoms with E-state index in [2.05, 4.69) is 5.32 Å². The van der Waals surface area contributed by atoms with Crippen LogP contribution >= 0.6 is 0 Å². The van der Waals surface area contributed by atoms with Gasteiger partial charge in [0.1, 0.15) is 12.1 Å². The first-order valence-corrected chi connectivity index (χ1v) is 9.35. The molecule has 2 aromatic rings. The number of nitrogens with zero attached hydrogens (tertiary/aromatic N) is 2. The van der Waals surface area contributed by atoms with E-state index in [1.807, 2.05) is 93.5 Å². The summed E-state index contributed by atoms with van der Waals surface area (Å²) in [6.45, 7) is 5.09. The summed E-state index contributed by atoms with van der Waals surface area (Å²) in [7, 11) is 3.72. The van der Waals surface area contributed by atoms with Crippen molar-refractivity contribution in [1.29, 1.82) is 0 Å². The molecule has 5 heteroatoms. The number of benzene rings is 2. The SMILES string of the molecule is CCN(CC)C(=O)C(NC(=O)C(c1ccccc1)N(C)C)c1ccccc1. The van der Waals surface area contributed by atoms with Gasteiger partial charge in [-0.05, 0) is 39.1 Å². The lowest BCUT2D eigenvalue weighted by Gasteiger charge is -2.29. The van der Waals surface area contributed by atoms with Crippen LogP contribution in [0.5, 0.6) is 0 Å². The van der Waals surface area contributed by atoms with Crippen molar-refractivity contribution in [3.05, 3.63) is 71.8 Å². The van der Waals surface area contributed by atoms with Gasteiger partial charge < -0.3 is 10.2 Å². The molecule has 0 bridgehead atoms. The molecule has 0 heterocycles. The van der Waals surface area contributed by atoms with E-state index in [0.29, 0.717) is 13.1 Å². The predicted octanol–water partition coefficient (Wildman–Crippen LogP) is 3.02. The highest BCUT2D eigenvalue weighted by molar-refractivity contribution is 5.91. The molecule has 0 fully saturated rings. The zero-order valence-electron chi connectivity index (χ0n) is 16.6. The molecule has 2 atom stereocenters. The average molecular weight is 367 g/mol. The van der Waals surface area contributed by atoms with Crippen LogP contribution in [0.15, 0.2) is 60.7 Å². The van der Waals surface area contributed by atoms with Gasteiger partial charge in [-0.2, -0.15) is 0 Å². The second-order valence-corrected chi connectivity index (χ2v) is 6.64. The number of rotatable bonds is 8. The molecule has 2 unspecified atom stereocenters. The van der Waals surface area contributed by atoms with Crippen LogP contribution in [-0.2, 0) is 9.59 Å². The Hall–Kier alpha value is -2.66. The lowest BCUT2D eigenvalue weighted by atomic mass is 10.0. The van der Waals surface area contributed by atoms with Crippen LogP contribution in [0.4, 0.5) is 0 Å². The third-order valence-corrected chi connectivity index (χ3v) is 4.62. The van der Waals surface area contributed by atoms with E-state index in [-0.39, 0.29) is 11.8 Å². The molecule has 27 heavy (non-hydrogen) atoms. The predicted molar refractivity (Wildman–Crippen MR) is 108 cm³/mol. The Kier molecular flexibility index (Phi) is 7.55. The summed E-state index contributed by atoms with van der Waals surface area (Å²) in [5.41, 5.74) is 1.68. The van der Waals surface area contributed by atoms with Crippen molar-refractivity contribution in [2.75, 3.05) is 27.2 Å². The molecular weight excluding hydrogens is 338 g/mol. The van der Waals surface area contributed by atoms with Gasteiger partial charge >= 0.3 is 0 Å². The lowest BCUT2D eigenvalue weighted by Crippen LogP contribution is -2.46. The molecule has 2 aromatic carbocycles. The minimum atomic E-state index is -0.704. The van der Waals surface area contributed by atoms with E-state index in [9.17, 15) is 9.59 Å². The number of nitrogens with one attached hydrogen (secondary N) is 1. The van der Waals surface area contributed by atoms with Crippen molar-refractivity contribution < 1.29 is 9.59 Å². The van der Waals surface area contributed by atoms with Crippen LogP contribution in [0.2, 0.25) is 0 Å². The monoisotopic (exact) mass is 367 g/mol. The number of likely N-dealkylation sites (N-methyl/N-ethyl adjacent to an activating group) is 2. The van der Waals surface area contributed by atoms with Gasteiger partial charge in [0.15, 0.2) is 0 Å². The first kappa shape index (κ1) is 20.6. The minimum absolute atomic E-state index is 0.0925. The smallest absolute Gasteiger partial charge is 0.249 e. The van der Waals surface area contributed by atoms with Crippen LogP contribution in [0.1, 0.15) is 37.1 Å². The zero-order chi connectivity index (χ0) is 19.8. The van der Waals surface area contributed by atoms with Crippen molar-refractivity contribution in [3.8, 4) is 0 Å². The first-order chi connectivity index (χ1) is 13.0. The molecule has 2 amide bonds. The van der Waals surface area contributed by atoms with Crippen molar-refractivity contribution in [2.45, 2.75) is 25.9 Å². The fourth-order valence-electron chi connectivity index (χ4n) is 3.19. The molecule has 0 aliphatic heterocycles. The maximum absolute atomic E-state index is 13.1. The second kappa shape index (κ2) is 9.88. The summed E-state index contributed by atoms with van der Waals surface area (Å²) in [4.78, 5) is 29.8. The van der Waals surface area contributed by atoms with Gasteiger partial charge in [-0.3, -0.25) is 14.5 Å². The summed E-state index contributed by atoms with van der Waals surface area (Å²) >= 11 is 0. The Morgan fingerprint density at radius 2 is 1.33 bits per heavy atom. The second-order valence-electron chi connectivity index (χ2n) is 6.64. The normalized spacial score (nSPS) is 13.1. The van der Waals surface area contributed by atoms with Gasteiger partial charge in [-0.1, -0.05) is 60.7 Å². The molecule has 5 nitrogen and oxygen atoms in total. The summed E-state index contributed by atoms with van der Waals surface area (Å²) in [5, 5.41) is 2.99. The number of amides is 2. The number of carbonyl (C=O) groups is 2. The molecule has 0 spiro atoms. The third kappa shape index (κ3) is 5.17. The highest BCUT2D eigenvalue weighted by Crippen LogP contribution is 2.22. The fourth-order valence-corrected chi connectivity index (χ4v) is 3.19. The highest BCUT2D eigenvalue weighted by atomic mass is 16.2. The first-order valence-electron chi connectivity index (χ1n) is 9.35. The molecule has 0 aliphatic carbocycles. The maximum atomic E-state index is 13.1. The average Bonchev–Trinajstić information content (AvgIpc) is 2.68. The zero-order valence-corrected chi connectivity index (χ0v) is 16.6. The van der Waals surface area contributed by atoms with E-state index in [4.69, 9.17) is 0 Å². The summed E-state index contributed by atoms with van der Waals surface area (Å²) < 4.78 is 0. The maximum Gasteiger partial charge on any atom is 0.249 e. The molecule has 144 valence electrons. The number of carbonyl (C=O) groups excluding carboxylic acids is 2. The van der Waals surface area contributed by atoms with E-state index in [0.717, 1.165) is 11.1 Å². The largest absolute Gasteiger partial charge is 0.341 e. The Morgan fingerprint density at radius 1 is 0.852 bits per heavy atom. The van der Waals surface area contributed by atoms with Crippen LogP contribution in [-0.4, -0.2) is 48.8 Å². The minimum Gasteiger partial charge on any atom is -0.341 e. The number of hydrogen-bond acceptors (Lipinski definition) is 3. The van der Waals surface area contributed by atoms with E-state index >= 15 is 0 Å². The van der Waals surface area contributed by atoms with E-state index < -0.39 is 12.1 Å². The summed E-state index contributed by atoms with van der Waals surface area (Å²) in [6, 6.07) is 17.8. The standard InChI is InChI=1S/C22H29N3O2/c1-5-25(6-2)22(27)19(17-13-9-7-10-14-17)23-21(26)20(24(3)4)18-15-11-8-12-16-18/h7-16,19-20H,5-6H2,1-4H3,(H,23,26). The van der Waals surface area contributed by atoms with Crippen LogP contribution in [0.3, 0.4) is 0 Å². The molecule has 0 aliphatic rings. The van der Waals surface area contributed by atoms with Crippen LogP contribution in [0, 0.1) is 0 Å². The van der Waals surface area contributed by atoms with Gasteiger partial charge in [0, 0.05) is 13.1 Å². The third-order valence-electron chi connectivity index (χ3n) is 4.62. The molecule has 0 aromatic heterocycles. The van der Waals surface area contributed by atoms with Gasteiger partial charge in [0.25, 0.3) is 0 Å². The van der Waals surface area contributed by atoms with Crippen molar-refractivity contribution in [2.24, 2.45) is 0 Å². The van der Waals surface area contributed by atoms with Crippen LogP contribution < -0.4 is 5.32 Å². The van der Waals surface area contributed by atoms with Crippen molar-refractivity contribution in [3.63, 3.8) is 0 Å². The van der Waals surface area contributed by atoms with Crippen molar-refractivity contribution in [1.82, 2.24) is 15.1 Å².